The molecule has 0 saturated heterocycles. The number of benzene rings is 3. The zero-order valence-corrected chi connectivity index (χ0v) is 16.1. The molecule has 0 unspecified atom stereocenters. The maximum Gasteiger partial charge on any atom is 0.127 e. The van der Waals surface area contributed by atoms with Gasteiger partial charge in [0.1, 0.15) is 11.5 Å². The van der Waals surface area contributed by atoms with E-state index in [0.29, 0.717) is 0 Å². The Labute approximate surface area is 157 Å². The highest BCUT2D eigenvalue weighted by Crippen LogP contribution is 2.33. The molecule has 138 valence electrons. The SMILES string of the molecule is CCCCCCCOc1cccc2c1ccc1cc(OCCC)ccc12. The van der Waals surface area contributed by atoms with Crippen molar-refractivity contribution in [3.8, 4) is 11.5 Å². The monoisotopic (exact) mass is 350 g/mol. The Morgan fingerprint density at radius 1 is 0.654 bits per heavy atom. The minimum atomic E-state index is 0.759. The fraction of sp³-hybridized carbons (Fsp3) is 0.417. The van der Waals surface area contributed by atoms with Gasteiger partial charge in [-0.15, -0.1) is 0 Å². The van der Waals surface area contributed by atoms with Gasteiger partial charge in [0.25, 0.3) is 0 Å². The van der Waals surface area contributed by atoms with Gasteiger partial charge in [0.15, 0.2) is 0 Å². The molecule has 0 spiro atoms. The van der Waals surface area contributed by atoms with Crippen molar-refractivity contribution in [1.82, 2.24) is 0 Å². The molecular formula is C24H30O2. The zero-order chi connectivity index (χ0) is 18.2. The Morgan fingerprint density at radius 2 is 1.50 bits per heavy atom. The lowest BCUT2D eigenvalue weighted by atomic mass is 10.0. The molecule has 0 heterocycles. The third-order valence-electron chi connectivity index (χ3n) is 4.79. The van der Waals surface area contributed by atoms with Crippen molar-refractivity contribution in [2.24, 2.45) is 0 Å². The summed E-state index contributed by atoms with van der Waals surface area (Å²) in [5, 5.41) is 4.89. The summed E-state index contributed by atoms with van der Waals surface area (Å²) >= 11 is 0. The molecule has 0 aliphatic rings. The van der Waals surface area contributed by atoms with Crippen LogP contribution < -0.4 is 9.47 Å². The largest absolute Gasteiger partial charge is 0.494 e. The van der Waals surface area contributed by atoms with Crippen LogP contribution in [0.1, 0.15) is 52.4 Å². The van der Waals surface area contributed by atoms with Crippen LogP contribution in [0, 0.1) is 0 Å². The van der Waals surface area contributed by atoms with E-state index < -0.39 is 0 Å². The summed E-state index contributed by atoms with van der Waals surface area (Å²) in [4.78, 5) is 0. The molecule has 0 saturated carbocycles. The number of rotatable bonds is 10. The molecule has 26 heavy (non-hydrogen) atoms. The Morgan fingerprint density at radius 3 is 2.35 bits per heavy atom. The standard InChI is InChI=1S/C24H30O2/c1-3-5-6-7-8-17-26-24-11-9-10-22-21-15-13-20(25-16-4-2)18-19(21)12-14-23(22)24/h9-15,18H,3-8,16-17H2,1-2H3. The maximum atomic E-state index is 6.10. The molecule has 0 amide bonds. The highest BCUT2D eigenvalue weighted by molar-refractivity contribution is 6.09. The van der Waals surface area contributed by atoms with E-state index >= 15 is 0 Å². The lowest BCUT2D eigenvalue weighted by Crippen LogP contribution is -1.98. The smallest absolute Gasteiger partial charge is 0.127 e. The predicted octanol–water partition coefficient (Wildman–Crippen LogP) is 7.13. The van der Waals surface area contributed by atoms with Crippen LogP contribution in [0.25, 0.3) is 21.5 Å². The first-order valence-electron chi connectivity index (χ1n) is 10.0. The number of fused-ring (bicyclic) bond motifs is 3. The van der Waals surface area contributed by atoms with E-state index in [0.717, 1.165) is 37.6 Å². The van der Waals surface area contributed by atoms with Gasteiger partial charge in [-0.1, -0.05) is 69.9 Å². The van der Waals surface area contributed by atoms with E-state index in [1.807, 2.05) is 0 Å². The first-order valence-corrected chi connectivity index (χ1v) is 10.0. The van der Waals surface area contributed by atoms with E-state index in [2.05, 4.69) is 62.4 Å². The Kier molecular flexibility index (Phi) is 6.76. The minimum absolute atomic E-state index is 0.759. The van der Waals surface area contributed by atoms with Crippen LogP contribution in [0.4, 0.5) is 0 Å². The topological polar surface area (TPSA) is 18.5 Å². The Bertz CT molecular complexity index is 838. The van der Waals surface area contributed by atoms with E-state index in [1.165, 1.54) is 47.2 Å². The average molecular weight is 351 g/mol. The van der Waals surface area contributed by atoms with Gasteiger partial charge >= 0.3 is 0 Å². The first kappa shape index (κ1) is 18.6. The average Bonchev–Trinajstić information content (AvgIpc) is 2.68. The van der Waals surface area contributed by atoms with Crippen molar-refractivity contribution >= 4 is 21.5 Å². The predicted molar refractivity (Wildman–Crippen MR) is 111 cm³/mol. The highest BCUT2D eigenvalue weighted by atomic mass is 16.5. The molecule has 3 rings (SSSR count). The molecule has 3 aromatic rings. The van der Waals surface area contributed by atoms with E-state index in [9.17, 15) is 0 Å². The van der Waals surface area contributed by atoms with Gasteiger partial charge < -0.3 is 9.47 Å². The quantitative estimate of drug-likeness (QED) is 0.286. The third kappa shape index (κ3) is 4.49. The van der Waals surface area contributed by atoms with Gasteiger partial charge in [-0.05, 0) is 47.2 Å². The van der Waals surface area contributed by atoms with E-state index in [1.54, 1.807) is 0 Å². The van der Waals surface area contributed by atoms with Crippen LogP contribution in [0.3, 0.4) is 0 Å². The second kappa shape index (κ2) is 9.47. The summed E-state index contributed by atoms with van der Waals surface area (Å²) in [6, 6.07) is 17.1. The van der Waals surface area contributed by atoms with Gasteiger partial charge in [0.2, 0.25) is 0 Å². The molecule has 0 radical (unpaired) electrons. The molecule has 2 heteroatoms. The number of ether oxygens (including phenoxy) is 2. The molecular weight excluding hydrogens is 320 g/mol. The van der Waals surface area contributed by atoms with Crippen molar-refractivity contribution in [1.29, 1.82) is 0 Å². The summed E-state index contributed by atoms with van der Waals surface area (Å²) < 4.78 is 11.9. The second-order valence-corrected chi connectivity index (χ2v) is 6.91. The molecule has 0 bridgehead atoms. The summed E-state index contributed by atoms with van der Waals surface area (Å²) in [5.74, 6) is 1.93. The fourth-order valence-electron chi connectivity index (χ4n) is 3.37. The van der Waals surface area contributed by atoms with Gasteiger partial charge in [0, 0.05) is 5.39 Å². The van der Waals surface area contributed by atoms with E-state index in [4.69, 9.17) is 9.47 Å². The van der Waals surface area contributed by atoms with Crippen molar-refractivity contribution in [2.45, 2.75) is 52.4 Å². The van der Waals surface area contributed by atoms with Gasteiger partial charge in [0.05, 0.1) is 13.2 Å². The van der Waals surface area contributed by atoms with Crippen LogP contribution in [-0.2, 0) is 0 Å². The van der Waals surface area contributed by atoms with E-state index in [-0.39, 0.29) is 0 Å². The summed E-state index contributed by atoms with van der Waals surface area (Å²) in [6.45, 7) is 5.93. The van der Waals surface area contributed by atoms with Crippen LogP contribution in [-0.4, -0.2) is 13.2 Å². The molecule has 0 N–H and O–H groups in total. The Balaban J connectivity index is 1.78. The molecule has 0 aliphatic heterocycles. The van der Waals surface area contributed by atoms with Crippen molar-refractivity contribution in [3.05, 3.63) is 48.5 Å². The first-order chi connectivity index (χ1) is 12.8. The summed E-state index contributed by atoms with van der Waals surface area (Å²) in [6.07, 6.45) is 7.31. The van der Waals surface area contributed by atoms with Gasteiger partial charge in [-0.3, -0.25) is 0 Å². The van der Waals surface area contributed by atoms with Crippen LogP contribution in [0.15, 0.2) is 48.5 Å². The highest BCUT2D eigenvalue weighted by Gasteiger charge is 2.07. The van der Waals surface area contributed by atoms with Gasteiger partial charge in [-0.25, -0.2) is 0 Å². The normalized spacial score (nSPS) is 11.2. The van der Waals surface area contributed by atoms with Crippen LogP contribution in [0.5, 0.6) is 11.5 Å². The molecule has 0 fully saturated rings. The number of hydrogen-bond acceptors (Lipinski definition) is 2. The molecule has 2 nitrogen and oxygen atoms in total. The zero-order valence-electron chi connectivity index (χ0n) is 16.1. The molecule has 0 aliphatic carbocycles. The lowest BCUT2D eigenvalue weighted by molar-refractivity contribution is 0.308. The third-order valence-corrected chi connectivity index (χ3v) is 4.79. The molecule has 3 aromatic carbocycles. The molecule has 0 aromatic heterocycles. The van der Waals surface area contributed by atoms with Crippen molar-refractivity contribution < 1.29 is 9.47 Å². The fourth-order valence-corrected chi connectivity index (χ4v) is 3.37. The summed E-state index contributed by atoms with van der Waals surface area (Å²) in [5.41, 5.74) is 0. The number of hydrogen-bond donors (Lipinski definition) is 0. The van der Waals surface area contributed by atoms with Crippen molar-refractivity contribution in [2.75, 3.05) is 13.2 Å². The number of unbranched alkanes of at least 4 members (excludes halogenated alkanes) is 4. The maximum absolute atomic E-state index is 6.10. The minimum Gasteiger partial charge on any atom is -0.494 e. The lowest BCUT2D eigenvalue weighted by Gasteiger charge is -2.12. The second-order valence-electron chi connectivity index (χ2n) is 6.91. The molecule has 0 atom stereocenters. The van der Waals surface area contributed by atoms with Crippen LogP contribution in [0.2, 0.25) is 0 Å². The van der Waals surface area contributed by atoms with Crippen LogP contribution >= 0.6 is 0 Å². The Hall–Kier alpha value is -2.22. The summed E-state index contributed by atoms with van der Waals surface area (Å²) in [7, 11) is 0. The van der Waals surface area contributed by atoms with Gasteiger partial charge in [-0.2, -0.15) is 0 Å². The van der Waals surface area contributed by atoms with Crippen molar-refractivity contribution in [3.63, 3.8) is 0 Å².